The molecular formula is C19H17F3IN3O2. The van der Waals surface area contributed by atoms with Crippen molar-refractivity contribution in [3.8, 4) is 5.88 Å². The van der Waals surface area contributed by atoms with Crippen LogP contribution in [0.4, 0.5) is 13.2 Å². The average Bonchev–Trinajstić information content (AvgIpc) is 3.19. The fourth-order valence-corrected chi connectivity index (χ4v) is 4.76. The molecular weight excluding hydrogens is 486 g/mol. The lowest BCUT2D eigenvalue weighted by Gasteiger charge is -2.37. The molecule has 0 radical (unpaired) electrons. The van der Waals surface area contributed by atoms with Gasteiger partial charge in [0.25, 0.3) is 5.91 Å². The van der Waals surface area contributed by atoms with E-state index in [9.17, 15) is 18.0 Å². The van der Waals surface area contributed by atoms with Crippen LogP contribution >= 0.6 is 22.6 Å². The summed E-state index contributed by atoms with van der Waals surface area (Å²) < 4.78 is 44.6. The lowest BCUT2D eigenvalue weighted by molar-refractivity contribution is -0.141. The van der Waals surface area contributed by atoms with Crippen molar-refractivity contribution in [3.63, 3.8) is 0 Å². The van der Waals surface area contributed by atoms with E-state index < -0.39 is 11.9 Å². The molecule has 1 aromatic heterocycles. The second-order valence-corrected chi connectivity index (χ2v) is 8.29. The highest BCUT2D eigenvalue weighted by Crippen LogP contribution is 2.44. The molecule has 2 fully saturated rings. The van der Waals surface area contributed by atoms with E-state index in [1.54, 1.807) is 6.07 Å². The number of benzene rings is 1. The summed E-state index contributed by atoms with van der Waals surface area (Å²) >= 11 is 2.14. The molecule has 1 saturated carbocycles. The molecule has 28 heavy (non-hydrogen) atoms. The van der Waals surface area contributed by atoms with Crippen LogP contribution in [0.25, 0.3) is 0 Å². The Kier molecular flexibility index (Phi) is 4.96. The molecule has 0 spiro atoms. The second kappa shape index (κ2) is 7.16. The number of likely N-dealkylation sites (tertiary alicyclic amines) is 1. The van der Waals surface area contributed by atoms with E-state index in [1.807, 2.05) is 30.0 Å². The molecule has 1 aliphatic carbocycles. The largest absolute Gasteiger partial charge is 0.471 e. The van der Waals surface area contributed by atoms with Gasteiger partial charge in [0.1, 0.15) is 6.10 Å². The lowest BCUT2D eigenvalue weighted by Crippen LogP contribution is -2.51. The SMILES string of the molecule is CC1C2CC(Oc3cnc(C(F)(F)F)cn3)C(C2)N1C(=O)c1ccccc1I. The number of amides is 1. The molecule has 1 aliphatic heterocycles. The van der Waals surface area contributed by atoms with Gasteiger partial charge < -0.3 is 9.64 Å². The van der Waals surface area contributed by atoms with Gasteiger partial charge in [-0.3, -0.25) is 4.79 Å². The maximum absolute atomic E-state index is 13.1. The Balaban J connectivity index is 1.52. The molecule has 2 bridgehead atoms. The van der Waals surface area contributed by atoms with Gasteiger partial charge >= 0.3 is 6.18 Å². The Morgan fingerprint density at radius 3 is 2.57 bits per heavy atom. The van der Waals surface area contributed by atoms with Crippen LogP contribution in [0.5, 0.6) is 5.88 Å². The highest BCUT2D eigenvalue weighted by molar-refractivity contribution is 14.1. The maximum atomic E-state index is 13.1. The van der Waals surface area contributed by atoms with Gasteiger partial charge in [-0.25, -0.2) is 9.97 Å². The van der Waals surface area contributed by atoms with Crippen molar-refractivity contribution < 1.29 is 22.7 Å². The standard InChI is InChI=1S/C19H17F3IN3O2/c1-10-11-6-14(26(10)18(27)12-4-2-3-5-13(12)23)15(7-11)28-17-9-24-16(8-25-17)19(20,21)22/h2-5,8-11,14-15H,6-7H2,1H3. The number of fused-ring (bicyclic) bond motifs is 2. The number of carbonyl (C=O) groups excluding carboxylic acids is 1. The third kappa shape index (κ3) is 3.44. The lowest BCUT2D eigenvalue weighted by atomic mass is 9.98. The van der Waals surface area contributed by atoms with Crippen LogP contribution in [-0.2, 0) is 6.18 Å². The zero-order chi connectivity index (χ0) is 20.1. The molecule has 2 aliphatic rings. The van der Waals surface area contributed by atoms with Crippen molar-refractivity contribution >= 4 is 28.5 Å². The summed E-state index contributed by atoms with van der Waals surface area (Å²) in [5.74, 6) is 0.291. The summed E-state index contributed by atoms with van der Waals surface area (Å²) in [6, 6.07) is 7.37. The van der Waals surface area contributed by atoms with Crippen molar-refractivity contribution in [2.45, 2.75) is 44.1 Å². The first kappa shape index (κ1) is 19.4. The average molecular weight is 503 g/mol. The fourth-order valence-electron chi connectivity index (χ4n) is 4.14. The van der Waals surface area contributed by atoms with Gasteiger partial charge in [-0.1, -0.05) is 12.1 Å². The smallest absolute Gasteiger partial charge is 0.434 e. The Bertz CT molecular complexity index is 891. The molecule has 2 aromatic rings. The number of rotatable bonds is 3. The van der Waals surface area contributed by atoms with E-state index >= 15 is 0 Å². The summed E-state index contributed by atoms with van der Waals surface area (Å²) in [6.07, 6.45) is -1.63. The van der Waals surface area contributed by atoms with Crippen LogP contribution in [0.3, 0.4) is 0 Å². The molecule has 4 rings (SSSR count). The number of aromatic nitrogens is 2. The fraction of sp³-hybridized carbons (Fsp3) is 0.421. The zero-order valence-corrected chi connectivity index (χ0v) is 17.0. The van der Waals surface area contributed by atoms with Crippen LogP contribution in [0.15, 0.2) is 36.7 Å². The minimum Gasteiger partial charge on any atom is -0.471 e. The van der Waals surface area contributed by atoms with Crippen LogP contribution in [0.1, 0.15) is 35.8 Å². The van der Waals surface area contributed by atoms with E-state index in [4.69, 9.17) is 4.74 Å². The number of carbonyl (C=O) groups is 1. The first-order chi connectivity index (χ1) is 13.3. The van der Waals surface area contributed by atoms with Gasteiger partial charge in [0, 0.05) is 9.61 Å². The third-order valence-electron chi connectivity index (χ3n) is 5.52. The molecule has 4 atom stereocenters. The van der Waals surface area contributed by atoms with Crippen molar-refractivity contribution in [1.82, 2.24) is 14.9 Å². The molecule has 148 valence electrons. The summed E-state index contributed by atoms with van der Waals surface area (Å²) in [6.45, 7) is 2.03. The van der Waals surface area contributed by atoms with Gasteiger partial charge in [0.15, 0.2) is 5.69 Å². The van der Waals surface area contributed by atoms with Crippen molar-refractivity contribution in [2.24, 2.45) is 5.92 Å². The second-order valence-electron chi connectivity index (χ2n) is 7.13. The third-order valence-corrected chi connectivity index (χ3v) is 6.46. The number of halogens is 4. The first-order valence-electron chi connectivity index (χ1n) is 8.89. The molecule has 0 N–H and O–H groups in total. The molecule has 2 heterocycles. The molecule has 9 heteroatoms. The predicted molar refractivity (Wildman–Crippen MR) is 103 cm³/mol. The Hall–Kier alpha value is -1.91. The van der Waals surface area contributed by atoms with Gasteiger partial charge in [-0.2, -0.15) is 13.2 Å². The van der Waals surface area contributed by atoms with Crippen molar-refractivity contribution in [2.75, 3.05) is 0 Å². The van der Waals surface area contributed by atoms with Crippen LogP contribution < -0.4 is 4.74 Å². The van der Waals surface area contributed by atoms with E-state index in [2.05, 4.69) is 32.6 Å². The number of piperidine rings is 1. The monoisotopic (exact) mass is 503 g/mol. The minimum atomic E-state index is -4.54. The molecule has 1 amide bonds. The Labute approximate surface area is 173 Å². The topological polar surface area (TPSA) is 55.3 Å². The van der Waals surface area contributed by atoms with Crippen LogP contribution in [0, 0.1) is 9.49 Å². The van der Waals surface area contributed by atoms with E-state index in [0.717, 1.165) is 22.6 Å². The summed E-state index contributed by atoms with van der Waals surface area (Å²) in [5.41, 5.74) is -0.410. The van der Waals surface area contributed by atoms with Crippen LogP contribution in [0.2, 0.25) is 0 Å². The number of ether oxygens (including phenoxy) is 1. The summed E-state index contributed by atoms with van der Waals surface area (Å²) in [5, 5.41) is 0. The highest BCUT2D eigenvalue weighted by atomic mass is 127. The Morgan fingerprint density at radius 1 is 1.21 bits per heavy atom. The normalized spacial score (nSPS) is 26.5. The molecule has 1 aromatic carbocycles. The highest BCUT2D eigenvalue weighted by Gasteiger charge is 2.52. The molecule has 4 unspecified atom stereocenters. The van der Waals surface area contributed by atoms with E-state index in [1.165, 1.54) is 0 Å². The maximum Gasteiger partial charge on any atom is 0.434 e. The van der Waals surface area contributed by atoms with Crippen molar-refractivity contribution in [3.05, 3.63) is 51.5 Å². The summed E-state index contributed by atoms with van der Waals surface area (Å²) in [7, 11) is 0. The predicted octanol–water partition coefficient (Wildman–Crippen LogP) is 4.17. The number of nitrogens with zero attached hydrogens (tertiary/aromatic N) is 3. The number of hydrogen-bond acceptors (Lipinski definition) is 4. The number of hydrogen-bond donors (Lipinski definition) is 0. The van der Waals surface area contributed by atoms with Gasteiger partial charge in [-0.15, -0.1) is 0 Å². The Morgan fingerprint density at radius 2 is 1.96 bits per heavy atom. The minimum absolute atomic E-state index is 0.0416. The van der Waals surface area contributed by atoms with E-state index in [-0.39, 0.29) is 30.0 Å². The number of alkyl halides is 3. The zero-order valence-electron chi connectivity index (χ0n) is 14.9. The van der Waals surface area contributed by atoms with Crippen LogP contribution in [-0.4, -0.2) is 39.0 Å². The summed E-state index contributed by atoms with van der Waals surface area (Å²) in [4.78, 5) is 22.1. The van der Waals surface area contributed by atoms with Gasteiger partial charge in [0.05, 0.1) is 24.0 Å². The molecule has 1 saturated heterocycles. The van der Waals surface area contributed by atoms with E-state index in [0.29, 0.717) is 17.7 Å². The van der Waals surface area contributed by atoms with Gasteiger partial charge in [0.2, 0.25) is 5.88 Å². The van der Waals surface area contributed by atoms with Crippen molar-refractivity contribution in [1.29, 1.82) is 0 Å². The quantitative estimate of drug-likeness (QED) is 0.591. The molecule has 5 nitrogen and oxygen atoms in total. The van der Waals surface area contributed by atoms with Gasteiger partial charge in [-0.05, 0) is 60.4 Å². The first-order valence-corrected chi connectivity index (χ1v) is 9.96.